The van der Waals surface area contributed by atoms with Gasteiger partial charge in [0.2, 0.25) is 5.88 Å². The number of hydrogen-bond acceptors (Lipinski definition) is 4. The van der Waals surface area contributed by atoms with Gasteiger partial charge in [-0.25, -0.2) is 4.98 Å². The van der Waals surface area contributed by atoms with Crippen molar-refractivity contribution in [1.29, 1.82) is 0 Å². The van der Waals surface area contributed by atoms with Crippen molar-refractivity contribution in [3.63, 3.8) is 0 Å². The van der Waals surface area contributed by atoms with Crippen molar-refractivity contribution in [3.8, 4) is 5.88 Å². The quantitative estimate of drug-likeness (QED) is 0.465. The maximum atomic E-state index is 9.26. The smallest absolute Gasteiger partial charge is 0.223 e. The first kappa shape index (κ1) is 21.0. The van der Waals surface area contributed by atoms with Crippen LogP contribution in [0.15, 0.2) is 60.9 Å². The number of benzene rings is 2. The van der Waals surface area contributed by atoms with Crippen LogP contribution in [0.25, 0.3) is 21.7 Å². The number of aliphatic hydroxyl groups is 1. The number of aryl methyl sites for hydroxylation is 1. The fourth-order valence-electron chi connectivity index (χ4n) is 4.86. The number of hydrogen-bond donors (Lipinski definition) is 1. The lowest BCUT2D eigenvalue weighted by atomic mass is 9.95. The fraction of sp³-hybridized carbons (Fsp3) is 0.370. The summed E-state index contributed by atoms with van der Waals surface area (Å²) in [5, 5.41) is 12.7. The van der Waals surface area contributed by atoms with E-state index in [4.69, 9.17) is 9.72 Å². The van der Waals surface area contributed by atoms with Gasteiger partial charge in [0, 0.05) is 36.3 Å². The molecule has 5 rings (SSSR count). The Bertz CT molecular complexity index is 1210. The van der Waals surface area contributed by atoms with Gasteiger partial charge in [-0.2, -0.15) is 0 Å². The van der Waals surface area contributed by atoms with Crippen LogP contribution in [0.4, 0.5) is 0 Å². The molecule has 1 unspecified atom stereocenters. The van der Waals surface area contributed by atoms with E-state index in [1.807, 2.05) is 25.2 Å². The molecule has 3 heterocycles. The SMILES string of the molecule is CC(c1ccc(CO)cc1)N1CCC(COc2nc3ccccc3c3cn(C)cc23)CC1. The molecule has 1 saturated heterocycles. The summed E-state index contributed by atoms with van der Waals surface area (Å²) < 4.78 is 8.40. The summed E-state index contributed by atoms with van der Waals surface area (Å²) in [4.78, 5) is 7.38. The van der Waals surface area contributed by atoms with Crippen LogP contribution < -0.4 is 4.74 Å². The van der Waals surface area contributed by atoms with E-state index in [1.165, 1.54) is 16.3 Å². The van der Waals surface area contributed by atoms with Crippen LogP contribution in [0.2, 0.25) is 0 Å². The molecule has 0 amide bonds. The molecule has 1 atom stereocenters. The maximum absolute atomic E-state index is 9.26. The van der Waals surface area contributed by atoms with E-state index in [-0.39, 0.29) is 6.61 Å². The first-order chi connectivity index (χ1) is 15.6. The molecule has 5 heteroatoms. The number of nitrogens with zero attached hydrogens (tertiary/aromatic N) is 3. The molecule has 2 aromatic heterocycles. The third-order valence-corrected chi connectivity index (χ3v) is 6.90. The molecule has 32 heavy (non-hydrogen) atoms. The van der Waals surface area contributed by atoms with E-state index in [2.05, 4.69) is 59.1 Å². The summed E-state index contributed by atoms with van der Waals surface area (Å²) in [6.45, 7) is 5.23. The molecular formula is C27H31N3O2. The summed E-state index contributed by atoms with van der Waals surface area (Å²) in [6, 6.07) is 17.0. The zero-order valence-electron chi connectivity index (χ0n) is 18.9. The molecule has 166 valence electrons. The lowest BCUT2D eigenvalue weighted by Crippen LogP contribution is -2.37. The van der Waals surface area contributed by atoms with Gasteiger partial charge in [0.1, 0.15) is 0 Å². The predicted molar refractivity (Wildman–Crippen MR) is 129 cm³/mol. The minimum absolute atomic E-state index is 0.0986. The van der Waals surface area contributed by atoms with Gasteiger partial charge in [-0.1, -0.05) is 42.5 Å². The Balaban J connectivity index is 1.23. The summed E-state index contributed by atoms with van der Waals surface area (Å²) in [7, 11) is 2.05. The highest BCUT2D eigenvalue weighted by Gasteiger charge is 2.24. The van der Waals surface area contributed by atoms with Gasteiger partial charge in [-0.05, 0) is 56.0 Å². The molecule has 1 aliphatic rings. The Hall–Kier alpha value is -2.89. The Morgan fingerprint density at radius 2 is 1.72 bits per heavy atom. The average Bonchev–Trinajstić information content (AvgIpc) is 3.24. The van der Waals surface area contributed by atoms with E-state index in [0.717, 1.165) is 48.3 Å². The van der Waals surface area contributed by atoms with Gasteiger partial charge in [0.15, 0.2) is 0 Å². The molecule has 1 N–H and O–H groups in total. The lowest BCUT2D eigenvalue weighted by molar-refractivity contribution is 0.112. The summed E-state index contributed by atoms with van der Waals surface area (Å²) in [6.07, 6.45) is 6.52. The van der Waals surface area contributed by atoms with Gasteiger partial charge < -0.3 is 14.4 Å². The third-order valence-electron chi connectivity index (χ3n) is 6.90. The summed E-state index contributed by atoms with van der Waals surface area (Å²) in [5.74, 6) is 1.29. The van der Waals surface area contributed by atoms with E-state index in [1.54, 1.807) is 0 Å². The molecule has 1 aliphatic heterocycles. The van der Waals surface area contributed by atoms with E-state index >= 15 is 0 Å². The largest absolute Gasteiger partial charge is 0.477 e. The number of piperidine rings is 1. The monoisotopic (exact) mass is 429 g/mol. The summed E-state index contributed by atoms with van der Waals surface area (Å²) in [5.41, 5.74) is 3.26. The zero-order chi connectivity index (χ0) is 22.1. The van der Waals surface area contributed by atoms with Gasteiger partial charge in [-0.3, -0.25) is 4.90 Å². The van der Waals surface area contributed by atoms with Crippen LogP contribution in [0.5, 0.6) is 5.88 Å². The van der Waals surface area contributed by atoms with Gasteiger partial charge in [0.25, 0.3) is 0 Å². The van der Waals surface area contributed by atoms with Gasteiger partial charge >= 0.3 is 0 Å². The molecule has 5 nitrogen and oxygen atoms in total. The predicted octanol–water partition coefficient (Wildman–Crippen LogP) is 5.07. The molecule has 1 fully saturated rings. The van der Waals surface area contributed by atoms with Crippen LogP contribution in [0.3, 0.4) is 0 Å². The van der Waals surface area contributed by atoms with Gasteiger partial charge in [-0.15, -0.1) is 0 Å². The van der Waals surface area contributed by atoms with Crippen molar-refractivity contribution in [2.75, 3.05) is 19.7 Å². The first-order valence-corrected chi connectivity index (χ1v) is 11.5. The minimum atomic E-state index is 0.0986. The van der Waals surface area contributed by atoms with Crippen LogP contribution >= 0.6 is 0 Å². The average molecular weight is 430 g/mol. The van der Waals surface area contributed by atoms with Crippen LogP contribution in [0, 0.1) is 5.92 Å². The molecule has 0 bridgehead atoms. The fourth-order valence-corrected chi connectivity index (χ4v) is 4.86. The van der Waals surface area contributed by atoms with E-state index < -0.39 is 0 Å². The molecule has 0 saturated carbocycles. The Labute approximate surface area is 189 Å². The van der Waals surface area contributed by atoms with Crippen LogP contribution in [-0.4, -0.2) is 39.3 Å². The van der Waals surface area contributed by atoms with Crippen molar-refractivity contribution >= 4 is 21.7 Å². The number of fused-ring (bicyclic) bond motifs is 3. The van der Waals surface area contributed by atoms with Gasteiger partial charge in [0.05, 0.1) is 24.1 Å². The second-order valence-corrected chi connectivity index (χ2v) is 9.05. The Kier molecular flexibility index (Phi) is 5.85. The number of ether oxygens (including phenoxy) is 1. The molecule has 2 aromatic carbocycles. The second-order valence-electron chi connectivity index (χ2n) is 9.05. The molecule has 0 spiro atoms. The number of pyridine rings is 1. The number of rotatable bonds is 6. The molecule has 4 aromatic rings. The topological polar surface area (TPSA) is 50.5 Å². The van der Waals surface area contributed by atoms with E-state index in [0.29, 0.717) is 18.6 Å². The normalized spacial score (nSPS) is 16.6. The number of aromatic nitrogens is 2. The van der Waals surface area contributed by atoms with E-state index in [9.17, 15) is 5.11 Å². The minimum Gasteiger partial charge on any atom is -0.477 e. The van der Waals surface area contributed by atoms with Crippen LogP contribution in [-0.2, 0) is 13.7 Å². The molecule has 0 radical (unpaired) electrons. The number of likely N-dealkylation sites (tertiary alicyclic amines) is 1. The Morgan fingerprint density at radius 3 is 2.47 bits per heavy atom. The molecule has 0 aliphatic carbocycles. The van der Waals surface area contributed by atoms with Crippen molar-refractivity contribution in [2.45, 2.75) is 32.4 Å². The van der Waals surface area contributed by atoms with Crippen molar-refractivity contribution in [3.05, 3.63) is 72.1 Å². The highest BCUT2D eigenvalue weighted by molar-refractivity contribution is 6.07. The Morgan fingerprint density at radius 1 is 1.00 bits per heavy atom. The second kappa shape index (κ2) is 8.93. The zero-order valence-corrected chi connectivity index (χ0v) is 18.9. The van der Waals surface area contributed by atoms with Crippen LogP contribution in [0.1, 0.15) is 36.9 Å². The van der Waals surface area contributed by atoms with Crippen molar-refractivity contribution in [1.82, 2.24) is 14.5 Å². The number of aliphatic hydroxyl groups excluding tert-OH is 1. The highest BCUT2D eigenvalue weighted by atomic mass is 16.5. The third kappa shape index (κ3) is 4.10. The summed E-state index contributed by atoms with van der Waals surface area (Å²) >= 11 is 0. The van der Waals surface area contributed by atoms with Crippen molar-refractivity contribution in [2.24, 2.45) is 13.0 Å². The number of para-hydroxylation sites is 1. The lowest BCUT2D eigenvalue weighted by Gasteiger charge is -2.36. The first-order valence-electron chi connectivity index (χ1n) is 11.5. The van der Waals surface area contributed by atoms with Crippen molar-refractivity contribution < 1.29 is 9.84 Å². The highest BCUT2D eigenvalue weighted by Crippen LogP contribution is 2.32. The molecular weight excluding hydrogens is 398 g/mol. The standard InChI is InChI=1S/C27H31N3O2/c1-19(22-9-7-20(17-31)8-10-22)30-13-11-21(12-14-30)18-32-27-25-16-29(2)15-24(25)23-5-3-4-6-26(23)28-27/h3-10,15-16,19,21,31H,11-14,17-18H2,1-2H3. The maximum Gasteiger partial charge on any atom is 0.223 e.